The van der Waals surface area contributed by atoms with Gasteiger partial charge in [-0.3, -0.25) is 4.79 Å². The lowest BCUT2D eigenvalue weighted by Gasteiger charge is -2.07. The third kappa shape index (κ3) is 2.91. The molecule has 3 nitrogen and oxygen atoms in total. The number of aromatic nitrogens is 1. The molecule has 0 atom stereocenters. The second-order valence-electron chi connectivity index (χ2n) is 5.05. The molecule has 1 amide bonds. The molecular formula is C18H15FN2O. The summed E-state index contributed by atoms with van der Waals surface area (Å²) in [4.78, 5) is 14.1. The normalized spacial score (nSPS) is 10.5. The van der Waals surface area contributed by atoms with Gasteiger partial charge in [-0.2, -0.15) is 0 Å². The maximum Gasteiger partial charge on any atom is 0.221 e. The van der Waals surface area contributed by atoms with E-state index in [2.05, 4.69) is 10.3 Å². The van der Waals surface area contributed by atoms with Crippen molar-refractivity contribution < 1.29 is 9.18 Å². The van der Waals surface area contributed by atoms with E-state index in [-0.39, 0.29) is 11.7 Å². The number of hydrogen-bond donors (Lipinski definition) is 2. The fourth-order valence-electron chi connectivity index (χ4n) is 2.41. The molecule has 2 aromatic carbocycles. The third-order valence-electron chi connectivity index (χ3n) is 3.42. The van der Waals surface area contributed by atoms with Gasteiger partial charge in [0.2, 0.25) is 5.91 Å². The van der Waals surface area contributed by atoms with Gasteiger partial charge in [-0.15, -0.1) is 0 Å². The number of carbonyl (C=O) groups excluding carboxylic acids is 1. The van der Waals surface area contributed by atoms with Crippen molar-refractivity contribution >= 4 is 11.6 Å². The molecule has 22 heavy (non-hydrogen) atoms. The Hall–Kier alpha value is -2.88. The molecule has 0 bridgehead atoms. The van der Waals surface area contributed by atoms with E-state index in [1.165, 1.54) is 19.1 Å². The van der Waals surface area contributed by atoms with Crippen LogP contribution >= 0.6 is 0 Å². The smallest absolute Gasteiger partial charge is 0.221 e. The van der Waals surface area contributed by atoms with Gasteiger partial charge in [-0.1, -0.05) is 24.3 Å². The average molecular weight is 294 g/mol. The first-order valence-electron chi connectivity index (χ1n) is 6.94. The maximum absolute atomic E-state index is 13.1. The number of nitrogens with one attached hydrogen (secondary N) is 2. The summed E-state index contributed by atoms with van der Waals surface area (Å²) in [6.45, 7) is 1.48. The zero-order chi connectivity index (χ0) is 15.5. The fourth-order valence-corrected chi connectivity index (χ4v) is 2.41. The van der Waals surface area contributed by atoms with E-state index < -0.39 is 0 Å². The van der Waals surface area contributed by atoms with Crippen molar-refractivity contribution in [1.82, 2.24) is 4.98 Å². The zero-order valence-corrected chi connectivity index (χ0v) is 12.1. The highest BCUT2D eigenvalue weighted by atomic mass is 19.1. The SMILES string of the molecule is CC(=O)Nc1ccc(-c2c[nH]cc2-c2ccc(F)cc2)cc1. The molecule has 4 heteroatoms. The van der Waals surface area contributed by atoms with E-state index in [1.54, 1.807) is 12.1 Å². The summed E-state index contributed by atoms with van der Waals surface area (Å²) in [5.41, 5.74) is 4.77. The zero-order valence-electron chi connectivity index (χ0n) is 12.1. The van der Waals surface area contributed by atoms with E-state index in [0.29, 0.717) is 0 Å². The Morgan fingerprint density at radius 1 is 0.909 bits per heavy atom. The Morgan fingerprint density at radius 3 is 1.91 bits per heavy atom. The molecule has 0 saturated heterocycles. The molecule has 1 aromatic heterocycles. The van der Waals surface area contributed by atoms with Gasteiger partial charge in [0.1, 0.15) is 5.82 Å². The van der Waals surface area contributed by atoms with Gasteiger partial charge in [-0.05, 0) is 35.4 Å². The highest BCUT2D eigenvalue weighted by Gasteiger charge is 2.09. The van der Waals surface area contributed by atoms with Crippen molar-refractivity contribution in [3.63, 3.8) is 0 Å². The summed E-state index contributed by atoms with van der Waals surface area (Å²) in [5, 5.41) is 2.74. The topological polar surface area (TPSA) is 44.9 Å². The van der Waals surface area contributed by atoms with Crippen LogP contribution < -0.4 is 5.32 Å². The van der Waals surface area contributed by atoms with Gasteiger partial charge < -0.3 is 10.3 Å². The fraction of sp³-hybridized carbons (Fsp3) is 0.0556. The molecule has 0 aliphatic rings. The Balaban J connectivity index is 1.94. The van der Waals surface area contributed by atoms with Crippen LogP contribution in [0.4, 0.5) is 10.1 Å². The van der Waals surface area contributed by atoms with Crippen LogP contribution in [0.3, 0.4) is 0 Å². The summed E-state index contributed by atoms with van der Waals surface area (Å²) in [6.07, 6.45) is 3.80. The minimum absolute atomic E-state index is 0.0959. The Kier molecular flexibility index (Phi) is 3.74. The number of carbonyl (C=O) groups is 1. The minimum atomic E-state index is -0.250. The van der Waals surface area contributed by atoms with Gasteiger partial charge in [0.25, 0.3) is 0 Å². The molecule has 0 saturated carbocycles. The summed E-state index contributed by atoms with van der Waals surface area (Å²) in [7, 11) is 0. The first-order chi connectivity index (χ1) is 10.6. The molecule has 0 unspecified atom stereocenters. The van der Waals surface area contributed by atoms with Crippen molar-refractivity contribution in [2.45, 2.75) is 6.92 Å². The lowest BCUT2D eigenvalue weighted by atomic mass is 9.99. The van der Waals surface area contributed by atoms with Crippen molar-refractivity contribution in [1.29, 1.82) is 0 Å². The van der Waals surface area contributed by atoms with Crippen molar-refractivity contribution in [3.05, 3.63) is 66.7 Å². The number of aromatic amines is 1. The molecule has 3 rings (SSSR count). The van der Waals surface area contributed by atoms with Crippen LogP contribution in [0.1, 0.15) is 6.92 Å². The summed E-state index contributed by atoms with van der Waals surface area (Å²) in [6, 6.07) is 14.0. The molecule has 3 aromatic rings. The van der Waals surface area contributed by atoms with Gasteiger partial charge in [-0.25, -0.2) is 4.39 Å². The standard InChI is InChI=1S/C18H15FN2O/c1-12(22)21-16-8-4-14(5-9-16)18-11-20-10-17(18)13-2-6-15(19)7-3-13/h2-11,20H,1H3,(H,21,22). The van der Waals surface area contributed by atoms with Gasteiger partial charge >= 0.3 is 0 Å². The van der Waals surface area contributed by atoms with Gasteiger partial charge in [0.05, 0.1) is 0 Å². The molecular weight excluding hydrogens is 279 g/mol. The van der Waals surface area contributed by atoms with Gasteiger partial charge in [0.15, 0.2) is 0 Å². The summed E-state index contributed by atoms with van der Waals surface area (Å²) >= 11 is 0. The lowest BCUT2D eigenvalue weighted by Crippen LogP contribution is -2.05. The quantitative estimate of drug-likeness (QED) is 0.736. The second-order valence-corrected chi connectivity index (χ2v) is 5.05. The number of amides is 1. The monoisotopic (exact) mass is 294 g/mol. The number of H-pyrrole nitrogens is 1. The Labute approximate surface area is 127 Å². The third-order valence-corrected chi connectivity index (χ3v) is 3.42. The number of hydrogen-bond acceptors (Lipinski definition) is 1. The molecule has 0 radical (unpaired) electrons. The molecule has 0 aliphatic heterocycles. The highest BCUT2D eigenvalue weighted by Crippen LogP contribution is 2.32. The predicted octanol–water partition coefficient (Wildman–Crippen LogP) is 4.45. The van der Waals surface area contributed by atoms with Crippen molar-refractivity contribution in [2.75, 3.05) is 5.32 Å². The first kappa shape index (κ1) is 14.1. The van der Waals surface area contributed by atoms with Crippen LogP contribution in [0.25, 0.3) is 22.3 Å². The highest BCUT2D eigenvalue weighted by molar-refractivity contribution is 5.89. The average Bonchev–Trinajstić information content (AvgIpc) is 2.97. The van der Waals surface area contributed by atoms with Crippen LogP contribution in [0.15, 0.2) is 60.9 Å². The molecule has 110 valence electrons. The summed E-state index contributed by atoms with van der Waals surface area (Å²) < 4.78 is 13.1. The number of benzene rings is 2. The molecule has 0 aliphatic carbocycles. The summed E-state index contributed by atoms with van der Waals surface area (Å²) in [5.74, 6) is -0.345. The lowest BCUT2D eigenvalue weighted by molar-refractivity contribution is -0.114. The van der Waals surface area contributed by atoms with E-state index >= 15 is 0 Å². The van der Waals surface area contributed by atoms with Gasteiger partial charge in [0, 0.05) is 36.1 Å². The van der Waals surface area contributed by atoms with Crippen LogP contribution in [0, 0.1) is 5.82 Å². The molecule has 2 N–H and O–H groups in total. The van der Waals surface area contributed by atoms with Crippen molar-refractivity contribution in [2.24, 2.45) is 0 Å². The Morgan fingerprint density at radius 2 is 1.41 bits per heavy atom. The molecule has 1 heterocycles. The van der Waals surface area contributed by atoms with Crippen LogP contribution in [0.5, 0.6) is 0 Å². The number of anilines is 1. The largest absolute Gasteiger partial charge is 0.366 e. The molecule has 0 fully saturated rings. The first-order valence-corrected chi connectivity index (χ1v) is 6.94. The Bertz CT molecular complexity index is 789. The van der Waals surface area contributed by atoms with Crippen molar-refractivity contribution in [3.8, 4) is 22.3 Å². The van der Waals surface area contributed by atoms with Crippen LogP contribution in [0.2, 0.25) is 0 Å². The van der Waals surface area contributed by atoms with Crippen LogP contribution in [-0.2, 0) is 4.79 Å². The van der Waals surface area contributed by atoms with E-state index in [9.17, 15) is 9.18 Å². The van der Waals surface area contributed by atoms with E-state index in [1.807, 2.05) is 36.7 Å². The molecule has 0 spiro atoms. The number of rotatable bonds is 3. The second kappa shape index (κ2) is 5.85. The predicted molar refractivity (Wildman–Crippen MR) is 85.9 cm³/mol. The van der Waals surface area contributed by atoms with E-state index in [0.717, 1.165) is 27.9 Å². The maximum atomic E-state index is 13.1. The minimum Gasteiger partial charge on any atom is -0.366 e. The van der Waals surface area contributed by atoms with E-state index in [4.69, 9.17) is 0 Å². The van der Waals surface area contributed by atoms with Crippen LogP contribution in [-0.4, -0.2) is 10.9 Å². The number of halogens is 1.